The molecular formula is C17H19ClFN5O. The maximum atomic E-state index is 13.4. The summed E-state index contributed by atoms with van der Waals surface area (Å²) in [5, 5.41) is 12.9. The van der Waals surface area contributed by atoms with Crippen molar-refractivity contribution in [1.82, 2.24) is 15.2 Å². The summed E-state index contributed by atoms with van der Waals surface area (Å²) in [6.45, 7) is 2.01. The van der Waals surface area contributed by atoms with E-state index in [0.717, 1.165) is 18.9 Å². The molecule has 1 aromatic rings. The van der Waals surface area contributed by atoms with Gasteiger partial charge in [0, 0.05) is 31.7 Å². The Hall–Kier alpha value is -1.91. The fraction of sp³-hybridized carbons (Fsp3) is 0.588. The molecule has 6 nitrogen and oxygen atoms in total. The minimum atomic E-state index is -1.09. The number of nitrogens with one attached hydrogen (secondary N) is 1. The van der Waals surface area contributed by atoms with Crippen molar-refractivity contribution in [1.29, 1.82) is 5.26 Å². The second-order valence-electron chi connectivity index (χ2n) is 7.00. The second kappa shape index (κ2) is 6.43. The van der Waals surface area contributed by atoms with Crippen LogP contribution in [0.2, 0.25) is 5.02 Å². The van der Waals surface area contributed by atoms with E-state index in [4.69, 9.17) is 16.9 Å². The van der Waals surface area contributed by atoms with Crippen molar-refractivity contribution in [3.8, 4) is 6.07 Å². The Balaban J connectivity index is 1.25. The third kappa shape index (κ3) is 3.16. The van der Waals surface area contributed by atoms with Gasteiger partial charge in [-0.15, -0.1) is 0 Å². The topological polar surface area (TPSA) is 72.3 Å². The van der Waals surface area contributed by atoms with Crippen LogP contribution in [0.4, 0.5) is 10.2 Å². The molecular weight excluding hydrogens is 345 g/mol. The molecule has 1 N–H and O–H groups in total. The molecule has 1 aromatic heterocycles. The Morgan fingerprint density at radius 1 is 1.40 bits per heavy atom. The van der Waals surface area contributed by atoms with E-state index in [-0.39, 0.29) is 25.4 Å². The molecule has 132 valence electrons. The summed E-state index contributed by atoms with van der Waals surface area (Å²) in [6.07, 6.45) is 0.684. The summed E-state index contributed by atoms with van der Waals surface area (Å²) in [6, 6.07) is 5.45. The fourth-order valence-electron chi connectivity index (χ4n) is 4.06. The van der Waals surface area contributed by atoms with E-state index >= 15 is 0 Å². The van der Waals surface area contributed by atoms with Crippen LogP contribution in [0.15, 0.2) is 18.3 Å². The first kappa shape index (κ1) is 16.6. The molecule has 2 aliphatic heterocycles. The number of hydrogen-bond acceptors (Lipinski definition) is 5. The number of aromatic nitrogens is 1. The molecule has 3 unspecified atom stereocenters. The number of likely N-dealkylation sites (tertiary alicyclic amines) is 1. The monoisotopic (exact) mass is 363 g/mol. The van der Waals surface area contributed by atoms with Gasteiger partial charge in [0.05, 0.1) is 24.2 Å². The van der Waals surface area contributed by atoms with Gasteiger partial charge in [-0.3, -0.25) is 4.79 Å². The Morgan fingerprint density at radius 2 is 2.16 bits per heavy atom. The van der Waals surface area contributed by atoms with Crippen LogP contribution in [0.5, 0.6) is 0 Å². The Bertz CT molecular complexity index is 696. The van der Waals surface area contributed by atoms with Crippen LogP contribution >= 0.6 is 11.6 Å². The molecule has 1 saturated carbocycles. The standard InChI is InChI=1S/C17H19ClFN5O/c18-10-1-2-15(21-5-10)23-8-13-14(9-23)17(13)22-6-16(25)24-7-11(19)3-12(24)4-20/h1-2,5,11-14,17,22H,3,6-9H2/t11?,12-,13?,14?,17?/m0/s1. The van der Waals surface area contributed by atoms with E-state index < -0.39 is 12.2 Å². The number of nitrogens with zero attached hydrogens (tertiary/aromatic N) is 4. The van der Waals surface area contributed by atoms with E-state index in [9.17, 15) is 9.18 Å². The molecule has 1 amide bonds. The molecule has 0 bridgehead atoms. The van der Waals surface area contributed by atoms with Crippen molar-refractivity contribution in [3.63, 3.8) is 0 Å². The van der Waals surface area contributed by atoms with Gasteiger partial charge in [-0.05, 0) is 24.0 Å². The maximum absolute atomic E-state index is 13.4. The number of fused-ring (bicyclic) bond motifs is 1. The van der Waals surface area contributed by atoms with Gasteiger partial charge in [-0.2, -0.15) is 5.26 Å². The first-order chi connectivity index (χ1) is 12.1. The first-order valence-electron chi connectivity index (χ1n) is 8.50. The number of halogens is 2. The van der Waals surface area contributed by atoms with E-state index in [2.05, 4.69) is 15.2 Å². The molecule has 0 spiro atoms. The van der Waals surface area contributed by atoms with Crippen LogP contribution < -0.4 is 10.2 Å². The zero-order valence-corrected chi connectivity index (χ0v) is 14.4. The highest BCUT2D eigenvalue weighted by Gasteiger charge is 2.56. The normalized spacial score (nSPS) is 33.2. The summed E-state index contributed by atoms with van der Waals surface area (Å²) in [5.74, 6) is 1.75. The minimum absolute atomic E-state index is 0.0340. The quantitative estimate of drug-likeness (QED) is 0.871. The van der Waals surface area contributed by atoms with E-state index in [1.165, 1.54) is 4.90 Å². The molecule has 8 heteroatoms. The summed E-state index contributed by atoms with van der Waals surface area (Å²) in [5.41, 5.74) is 0. The summed E-state index contributed by atoms with van der Waals surface area (Å²) < 4.78 is 13.4. The van der Waals surface area contributed by atoms with Crippen molar-refractivity contribution in [2.45, 2.75) is 24.7 Å². The van der Waals surface area contributed by atoms with Crippen molar-refractivity contribution < 1.29 is 9.18 Å². The van der Waals surface area contributed by atoms with Gasteiger partial charge in [0.15, 0.2) is 0 Å². The smallest absolute Gasteiger partial charge is 0.237 e. The number of nitriles is 1. The highest BCUT2D eigenvalue weighted by molar-refractivity contribution is 6.30. The van der Waals surface area contributed by atoms with Gasteiger partial charge >= 0.3 is 0 Å². The average molecular weight is 364 g/mol. The fourth-order valence-corrected chi connectivity index (χ4v) is 4.17. The lowest BCUT2D eigenvalue weighted by atomic mass is 10.2. The number of amides is 1. The van der Waals surface area contributed by atoms with Crippen LogP contribution in [-0.4, -0.2) is 60.2 Å². The largest absolute Gasteiger partial charge is 0.356 e. The molecule has 3 aliphatic rings. The lowest BCUT2D eigenvalue weighted by molar-refractivity contribution is -0.130. The van der Waals surface area contributed by atoms with Gasteiger partial charge in [-0.1, -0.05) is 11.6 Å². The highest BCUT2D eigenvalue weighted by Crippen LogP contribution is 2.46. The number of pyridine rings is 1. The number of alkyl halides is 1. The van der Waals surface area contributed by atoms with Crippen molar-refractivity contribution in [2.24, 2.45) is 11.8 Å². The minimum Gasteiger partial charge on any atom is -0.356 e. The molecule has 3 heterocycles. The van der Waals surface area contributed by atoms with Gasteiger partial charge in [0.25, 0.3) is 0 Å². The Labute approximate surface area is 150 Å². The number of carbonyl (C=O) groups is 1. The van der Waals surface area contributed by atoms with Crippen molar-refractivity contribution >= 4 is 23.3 Å². The van der Waals surface area contributed by atoms with E-state index in [1.54, 1.807) is 6.20 Å². The maximum Gasteiger partial charge on any atom is 0.237 e. The van der Waals surface area contributed by atoms with Crippen molar-refractivity contribution in [2.75, 3.05) is 31.1 Å². The summed E-state index contributed by atoms with van der Waals surface area (Å²) in [7, 11) is 0. The molecule has 2 saturated heterocycles. The van der Waals surface area contributed by atoms with E-state index in [1.807, 2.05) is 18.2 Å². The molecule has 1 aliphatic carbocycles. The third-order valence-electron chi connectivity index (χ3n) is 5.44. The van der Waals surface area contributed by atoms with Crippen LogP contribution in [0.3, 0.4) is 0 Å². The molecule has 4 atom stereocenters. The lowest BCUT2D eigenvalue weighted by Crippen LogP contribution is -2.43. The Morgan fingerprint density at radius 3 is 2.80 bits per heavy atom. The van der Waals surface area contributed by atoms with Crippen LogP contribution in [0.1, 0.15) is 6.42 Å². The third-order valence-corrected chi connectivity index (χ3v) is 5.66. The zero-order valence-electron chi connectivity index (χ0n) is 13.6. The first-order valence-corrected chi connectivity index (χ1v) is 8.87. The molecule has 0 radical (unpaired) electrons. The SMILES string of the molecule is N#C[C@@H]1CC(F)CN1C(=O)CNC1C2CN(c3ccc(Cl)cn3)CC21. The molecule has 0 aromatic carbocycles. The second-order valence-corrected chi connectivity index (χ2v) is 7.43. The predicted octanol–water partition coefficient (Wildman–Crippen LogP) is 1.22. The van der Waals surface area contributed by atoms with Crippen molar-refractivity contribution in [3.05, 3.63) is 23.4 Å². The lowest BCUT2D eigenvalue weighted by Gasteiger charge is -2.22. The number of hydrogen-bond donors (Lipinski definition) is 1. The number of rotatable bonds is 4. The zero-order chi connectivity index (χ0) is 17.6. The molecule has 25 heavy (non-hydrogen) atoms. The van der Waals surface area contributed by atoms with Crippen LogP contribution in [0.25, 0.3) is 0 Å². The van der Waals surface area contributed by atoms with Gasteiger partial charge in [-0.25, -0.2) is 9.37 Å². The molecule has 3 fully saturated rings. The molecule has 4 rings (SSSR count). The number of anilines is 1. The predicted molar refractivity (Wildman–Crippen MR) is 90.9 cm³/mol. The van der Waals surface area contributed by atoms with Crippen LogP contribution in [0, 0.1) is 23.2 Å². The highest BCUT2D eigenvalue weighted by atomic mass is 35.5. The number of piperidine rings is 1. The Kier molecular flexibility index (Phi) is 4.26. The van der Waals surface area contributed by atoms with Gasteiger partial charge < -0.3 is 15.1 Å². The summed E-state index contributed by atoms with van der Waals surface area (Å²) >= 11 is 5.86. The van der Waals surface area contributed by atoms with Crippen LogP contribution in [-0.2, 0) is 4.79 Å². The summed E-state index contributed by atoms with van der Waals surface area (Å²) in [4.78, 5) is 20.2. The van der Waals surface area contributed by atoms with Gasteiger partial charge in [0.2, 0.25) is 5.91 Å². The van der Waals surface area contributed by atoms with Gasteiger partial charge in [0.1, 0.15) is 18.0 Å². The average Bonchev–Trinajstić information content (AvgIpc) is 2.95. The number of carbonyl (C=O) groups excluding carboxylic acids is 1. The van der Waals surface area contributed by atoms with E-state index in [0.29, 0.717) is 22.9 Å².